The number of nitrogens with zero attached hydrogens (tertiary/aromatic N) is 1. The first-order valence-electron chi connectivity index (χ1n) is 8.34. The van der Waals surface area contributed by atoms with Gasteiger partial charge in [-0.2, -0.15) is 0 Å². The van der Waals surface area contributed by atoms with Gasteiger partial charge in [-0.1, -0.05) is 17.7 Å². The summed E-state index contributed by atoms with van der Waals surface area (Å²) in [6.45, 7) is 1.96. The van der Waals surface area contributed by atoms with Gasteiger partial charge in [-0.3, -0.25) is 4.79 Å². The second kappa shape index (κ2) is 8.81. The predicted molar refractivity (Wildman–Crippen MR) is 107 cm³/mol. The summed E-state index contributed by atoms with van der Waals surface area (Å²) in [5, 5.41) is 0.278. The SMILES string of the molecule is COCCOC(=O)c1sc2nc(/C(Cl)=C/c3ccc(F)c(F)c3)[nH]c(=O)c2c1C. The Labute approximate surface area is 172 Å². The molecule has 3 aromatic rings. The lowest BCUT2D eigenvalue weighted by molar-refractivity contribution is 0.0393. The molecular formula is C19H15ClF2N2O4S. The quantitative estimate of drug-likeness (QED) is 0.461. The Kier molecular flexibility index (Phi) is 6.41. The maximum atomic E-state index is 13.4. The smallest absolute Gasteiger partial charge is 0.348 e. The van der Waals surface area contributed by atoms with Gasteiger partial charge in [0.2, 0.25) is 0 Å². The van der Waals surface area contributed by atoms with E-state index in [1.54, 1.807) is 6.92 Å². The summed E-state index contributed by atoms with van der Waals surface area (Å²) in [4.78, 5) is 32.1. The highest BCUT2D eigenvalue weighted by Crippen LogP contribution is 2.29. The predicted octanol–water partition coefficient (Wildman–Crippen LogP) is 4.11. The average Bonchev–Trinajstić information content (AvgIpc) is 3.02. The van der Waals surface area contributed by atoms with E-state index in [9.17, 15) is 18.4 Å². The van der Waals surface area contributed by atoms with Crippen molar-refractivity contribution in [1.29, 1.82) is 0 Å². The highest BCUT2D eigenvalue weighted by atomic mass is 35.5. The highest BCUT2D eigenvalue weighted by molar-refractivity contribution is 7.20. The van der Waals surface area contributed by atoms with Crippen LogP contribution in [0.3, 0.4) is 0 Å². The first kappa shape index (κ1) is 21.1. The van der Waals surface area contributed by atoms with Crippen LogP contribution in [-0.2, 0) is 9.47 Å². The van der Waals surface area contributed by atoms with Crippen molar-refractivity contribution in [1.82, 2.24) is 9.97 Å². The first-order chi connectivity index (χ1) is 13.8. The zero-order valence-electron chi connectivity index (χ0n) is 15.3. The van der Waals surface area contributed by atoms with Crippen LogP contribution in [-0.4, -0.2) is 36.3 Å². The fourth-order valence-corrected chi connectivity index (χ4v) is 3.84. The van der Waals surface area contributed by atoms with Gasteiger partial charge in [-0.05, 0) is 36.3 Å². The number of thiophene rings is 1. The summed E-state index contributed by atoms with van der Waals surface area (Å²) in [7, 11) is 1.49. The summed E-state index contributed by atoms with van der Waals surface area (Å²) >= 11 is 7.21. The van der Waals surface area contributed by atoms with Gasteiger partial charge < -0.3 is 14.5 Å². The molecule has 0 unspecified atom stereocenters. The molecule has 0 spiro atoms. The number of benzene rings is 1. The minimum absolute atomic E-state index is 0.0188. The lowest BCUT2D eigenvalue weighted by atomic mass is 10.2. The van der Waals surface area contributed by atoms with Gasteiger partial charge in [0.15, 0.2) is 17.5 Å². The van der Waals surface area contributed by atoms with Crippen molar-refractivity contribution >= 4 is 50.2 Å². The zero-order chi connectivity index (χ0) is 21.1. The van der Waals surface area contributed by atoms with Crippen LogP contribution in [0, 0.1) is 18.6 Å². The molecule has 0 bridgehead atoms. The van der Waals surface area contributed by atoms with Crippen molar-refractivity contribution < 1.29 is 23.0 Å². The number of hydrogen-bond donors (Lipinski definition) is 1. The Bertz CT molecular complexity index is 1170. The van der Waals surface area contributed by atoms with Gasteiger partial charge in [-0.25, -0.2) is 18.6 Å². The van der Waals surface area contributed by atoms with Gasteiger partial charge in [0.25, 0.3) is 5.56 Å². The number of rotatable bonds is 6. The lowest BCUT2D eigenvalue weighted by Gasteiger charge is -2.02. The summed E-state index contributed by atoms with van der Waals surface area (Å²) in [6, 6.07) is 3.27. The molecule has 29 heavy (non-hydrogen) atoms. The molecule has 1 N–H and O–H groups in total. The molecule has 10 heteroatoms. The van der Waals surface area contributed by atoms with Crippen molar-refractivity contribution in [2.24, 2.45) is 0 Å². The highest BCUT2D eigenvalue weighted by Gasteiger charge is 2.21. The molecule has 0 aliphatic heterocycles. The summed E-state index contributed by atoms with van der Waals surface area (Å²) < 4.78 is 36.4. The van der Waals surface area contributed by atoms with Crippen LogP contribution in [0.4, 0.5) is 8.78 Å². The van der Waals surface area contributed by atoms with E-state index in [-0.39, 0.29) is 34.3 Å². The molecule has 0 aliphatic carbocycles. The van der Waals surface area contributed by atoms with Crippen molar-refractivity contribution in [2.75, 3.05) is 20.3 Å². The van der Waals surface area contributed by atoms with E-state index in [2.05, 4.69) is 9.97 Å². The number of nitrogens with one attached hydrogen (secondary N) is 1. The van der Waals surface area contributed by atoms with Crippen molar-refractivity contribution in [3.05, 3.63) is 62.0 Å². The molecule has 6 nitrogen and oxygen atoms in total. The van der Waals surface area contributed by atoms with E-state index in [0.29, 0.717) is 16.0 Å². The molecule has 2 aromatic heterocycles. The standard InChI is InChI=1S/C19H15ClF2N2O4S/c1-9-14-17(25)23-16(11(20)7-10-3-4-12(21)13(22)8-10)24-18(14)29-15(9)19(26)28-6-5-27-2/h3-4,7-8H,5-6H2,1-2H3,(H,23,24,25)/b11-7-. The molecule has 3 rings (SSSR count). The van der Waals surface area contributed by atoms with E-state index in [0.717, 1.165) is 23.5 Å². The third-order valence-corrected chi connectivity index (χ3v) is 5.42. The fourth-order valence-electron chi connectivity index (χ4n) is 2.55. The van der Waals surface area contributed by atoms with Crippen LogP contribution in [0.5, 0.6) is 0 Å². The number of aromatic nitrogens is 2. The molecule has 0 atom stereocenters. The minimum Gasteiger partial charge on any atom is -0.459 e. The van der Waals surface area contributed by atoms with Gasteiger partial charge in [0, 0.05) is 7.11 Å². The summed E-state index contributed by atoms with van der Waals surface area (Å²) in [5.74, 6) is -2.54. The van der Waals surface area contributed by atoms with E-state index in [1.807, 2.05) is 0 Å². The lowest BCUT2D eigenvalue weighted by Crippen LogP contribution is -2.11. The van der Waals surface area contributed by atoms with Crippen LogP contribution in [0.2, 0.25) is 0 Å². The van der Waals surface area contributed by atoms with Crippen LogP contribution in [0.15, 0.2) is 23.0 Å². The minimum atomic E-state index is -1.02. The number of ether oxygens (including phenoxy) is 2. The average molecular weight is 441 g/mol. The van der Waals surface area contributed by atoms with Gasteiger partial charge in [-0.15, -0.1) is 11.3 Å². The molecule has 0 amide bonds. The Morgan fingerprint density at radius 3 is 2.76 bits per heavy atom. The molecule has 0 aliphatic rings. The second-order valence-corrected chi connectivity index (χ2v) is 7.35. The van der Waals surface area contributed by atoms with E-state index < -0.39 is 23.2 Å². The van der Waals surface area contributed by atoms with Crippen LogP contribution in [0.1, 0.15) is 26.6 Å². The largest absolute Gasteiger partial charge is 0.459 e. The number of aryl methyl sites for hydroxylation is 1. The van der Waals surface area contributed by atoms with Gasteiger partial charge in [0.05, 0.1) is 17.0 Å². The maximum absolute atomic E-state index is 13.4. The van der Waals surface area contributed by atoms with Crippen LogP contribution in [0.25, 0.3) is 21.3 Å². The number of methoxy groups -OCH3 is 1. The Morgan fingerprint density at radius 1 is 1.31 bits per heavy atom. The second-order valence-electron chi connectivity index (χ2n) is 5.95. The number of carbonyl (C=O) groups is 1. The summed E-state index contributed by atoms with van der Waals surface area (Å²) in [6.07, 6.45) is 1.34. The van der Waals surface area contributed by atoms with E-state index in [1.165, 1.54) is 19.3 Å². The number of aromatic amines is 1. The number of esters is 1. The van der Waals surface area contributed by atoms with Crippen molar-refractivity contribution in [2.45, 2.75) is 6.92 Å². The third kappa shape index (κ3) is 4.52. The number of fused-ring (bicyclic) bond motifs is 1. The number of hydrogen-bond acceptors (Lipinski definition) is 6. The monoisotopic (exact) mass is 440 g/mol. The van der Waals surface area contributed by atoms with E-state index in [4.69, 9.17) is 21.1 Å². The molecule has 1 aromatic carbocycles. The molecule has 2 heterocycles. The first-order valence-corrected chi connectivity index (χ1v) is 9.53. The number of halogens is 3. The topological polar surface area (TPSA) is 81.3 Å². The van der Waals surface area contributed by atoms with Crippen LogP contribution >= 0.6 is 22.9 Å². The Balaban J connectivity index is 1.98. The molecule has 0 saturated heterocycles. The van der Waals surface area contributed by atoms with Gasteiger partial charge >= 0.3 is 5.97 Å². The normalized spacial score (nSPS) is 11.8. The number of carbonyl (C=O) groups excluding carboxylic acids is 1. The van der Waals surface area contributed by atoms with Gasteiger partial charge in [0.1, 0.15) is 16.3 Å². The maximum Gasteiger partial charge on any atom is 0.348 e. The number of H-pyrrole nitrogens is 1. The molecule has 0 radical (unpaired) electrons. The molecule has 0 saturated carbocycles. The third-order valence-electron chi connectivity index (χ3n) is 3.97. The van der Waals surface area contributed by atoms with Crippen molar-refractivity contribution in [3.63, 3.8) is 0 Å². The molecule has 152 valence electrons. The van der Waals surface area contributed by atoms with Crippen molar-refractivity contribution in [3.8, 4) is 0 Å². The summed E-state index contributed by atoms with van der Waals surface area (Å²) in [5.41, 5.74) is 0.265. The van der Waals surface area contributed by atoms with E-state index >= 15 is 0 Å². The zero-order valence-corrected chi connectivity index (χ0v) is 16.9. The van der Waals surface area contributed by atoms with Crippen LogP contribution < -0.4 is 5.56 Å². The fraction of sp³-hybridized carbons (Fsp3) is 0.211. The Morgan fingerprint density at radius 2 is 2.07 bits per heavy atom. The Hall–Kier alpha value is -2.62. The molecule has 0 fully saturated rings. The molecular weight excluding hydrogens is 426 g/mol.